The Morgan fingerprint density at radius 2 is 1.89 bits per heavy atom. The van der Waals surface area contributed by atoms with E-state index in [1.54, 1.807) is 12.2 Å². The van der Waals surface area contributed by atoms with E-state index in [1.807, 2.05) is 24.3 Å². The number of carbonyl (C=O) groups excluding carboxylic acids is 1. The summed E-state index contributed by atoms with van der Waals surface area (Å²) in [5.74, 6) is -0.0482. The summed E-state index contributed by atoms with van der Waals surface area (Å²) in [6.45, 7) is 6.32. The molecule has 0 saturated carbocycles. The van der Waals surface area contributed by atoms with Gasteiger partial charge in [-0.2, -0.15) is 0 Å². The maximum atomic E-state index is 12.0. The summed E-state index contributed by atoms with van der Waals surface area (Å²) in [6.07, 6.45) is 6.19. The fourth-order valence-electron chi connectivity index (χ4n) is 2.15. The molecule has 3 N–H and O–H groups in total. The molecule has 3 nitrogen and oxygen atoms in total. The molecule has 1 aromatic carbocycles. The molecule has 104 valence electrons. The lowest BCUT2D eigenvalue weighted by molar-refractivity contribution is -0.118. The molecule has 0 aliphatic carbocycles. The molecule has 1 aromatic rings. The average molecular weight is 260 g/mol. The van der Waals surface area contributed by atoms with Crippen LogP contribution in [0.2, 0.25) is 0 Å². The summed E-state index contributed by atoms with van der Waals surface area (Å²) in [5, 5.41) is 3.11. The number of amides is 1. The minimum Gasteiger partial charge on any atom is -0.399 e. The number of hydrogen-bond acceptors (Lipinski definition) is 2. The Balaban J connectivity index is 2.69. The van der Waals surface area contributed by atoms with Crippen LogP contribution in [-0.4, -0.2) is 11.4 Å². The molecule has 0 atom stereocenters. The van der Waals surface area contributed by atoms with Gasteiger partial charge in [-0.3, -0.25) is 4.79 Å². The van der Waals surface area contributed by atoms with E-state index in [2.05, 4.69) is 26.1 Å². The number of rotatable bonds is 6. The molecule has 0 unspecified atom stereocenters. The monoisotopic (exact) mass is 260 g/mol. The molecule has 0 fully saturated rings. The molecule has 3 heteroatoms. The SMILES string of the molecule is CCC(CC)(CC)NC(=O)/C=C/c1cccc(N)c1. The van der Waals surface area contributed by atoms with Gasteiger partial charge in [0, 0.05) is 17.3 Å². The van der Waals surface area contributed by atoms with Crippen LogP contribution < -0.4 is 11.1 Å². The van der Waals surface area contributed by atoms with Gasteiger partial charge in [0.25, 0.3) is 0 Å². The Labute approximate surface area is 115 Å². The van der Waals surface area contributed by atoms with E-state index in [1.165, 1.54) is 0 Å². The normalized spacial score (nSPS) is 11.7. The van der Waals surface area contributed by atoms with Crippen LogP contribution in [-0.2, 0) is 4.79 Å². The maximum absolute atomic E-state index is 12.0. The highest BCUT2D eigenvalue weighted by atomic mass is 16.1. The van der Waals surface area contributed by atoms with E-state index in [0.29, 0.717) is 5.69 Å². The molecule has 0 radical (unpaired) electrons. The van der Waals surface area contributed by atoms with Crippen molar-refractivity contribution in [3.8, 4) is 0 Å². The quantitative estimate of drug-likeness (QED) is 0.608. The third-order valence-electron chi connectivity index (χ3n) is 3.76. The first-order valence-corrected chi connectivity index (χ1v) is 6.91. The average Bonchev–Trinajstić information content (AvgIpc) is 2.43. The second-order valence-corrected chi connectivity index (χ2v) is 4.83. The van der Waals surface area contributed by atoms with Gasteiger partial charge in [-0.15, -0.1) is 0 Å². The molecule has 0 aliphatic rings. The first-order valence-electron chi connectivity index (χ1n) is 6.91. The Bertz CT molecular complexity index is 440. The Kier molecular flexibility index (Phi) is 5.61. The molecular formula is C16H24N2O. The highest BCUT2D eigenvalue weighted by molar-refractivity contribution is 5.92. The van der Waals surface area contributed by atoms with Crippen LogP contribution in [0.15, 0.2) is 30.3 Å². The molecule has 0 bridgehead atoms. The molecule has 0 aromatic heterocycles. The molecule has 1 rings (SSSR count). The molecule has 0 spiro atoms. The molecule has 19 heavy (non-hydrogen) atoms. The van der Waals surface area contributed by atoms with Crippen molar-refractivity contribution in [1.82, 2.24) is 5.32 Å². The van der Waals surface area contributed by atoms with Gasteiger partial charge in [0.15, 0.2) is 0 Å². The fraction of sp³-hybridized carbons (Fsp3) is 0.438. The van der Waals surface area contributed by atoms with Gasteiger partial charge in [-0.1, -0.05) is 32.9 Å². The van der Waals surface area contributed by atoms with Gasteiger partial charge in [0.2, 0.25) is 5.91 Å². The lowest BCUT2D eigenvalue weighted by Crippen LogP contribution is -2.46. The van der Waals surface area contributed by atoms with Gasteiger partial charge in [-0.25, -0.2) is 0 Å². The van der Waals surface area contributed by atoms with Crippen molar-refractivity contribution in [2.45, 2.75) is 45.6 Å². The number of nitrogens with one attached hydrogen (secondary N) is 1. The van der Waals surface area contributed by atoms with Crippen LogP contribution in [0, 0.1) is 0 Å². The summed E-state index contributed by atoms with van der Waals surface area (Å²) in [7, 11) is 0. The number of carbonyl (C=O) groups is 1. The smallest absolute Gasteiger partial charge is 0.244 e. The second-order valence-electron chi connectivity index (χ2n) is 4.83. The van der Waals surface area contributed by atoms with Crippen LogP contribution in [0.3, 0.4) is 0 Å². The van der Waals surface area contributed by atoms with Crippen molar-refractivity contribution in [2.24, 2.45) is 0 Å². The first-order chi connectivity index (χ1) is 9.05. The predicted molar refractivity (Wildman–Crippen MR) is 81.6 cm³/mol. The van der Waals surface area contributed by atoms with Crippen LogP contribution in [0.25, 0.3) is 6.08 Å². The van der Waals surface area contributed by atoms with Gasteiger partial charge >= 0.3 is 0 Å². The van der Waals surface area contributed by atoms with Crippen molar-refractivity contribution >= 4 is 17.7 Å². The second kappa shape index (κ2) is 6.98. The van der Waals surface area contributed by atoms with Crippen molar-refractivity contribution in [1.29, 1.82) is 0 Å². The molecule has 0 aliphatic heterocycles. The standard InChI is InChI=1S/C16H24N2O/c1-4-16(5-2,6-3)18-15(19)11-10-13-8-7-9-14(17)12-13/h7-12H,4-6,17H2,1-3H3,(H,18,19)/b11-10+. The lowest BCUT2D eigenvalue weighted by atomic mass is 9.90. The Hall–Kier alpha value is -1.77. The molecular weight excluding hydrogens is 236 g/mol. The van der Waals surface area contributed by atoms with E-state index < -0.39 is 0 Å². The summed E-state index contributed by atoms with van der Waals surface area (Å²) in [5.41, 5.74) is 7.25. The number of nitrogens with two attached hydrogens (primary N) is 1. The molecule has 1 amide bonds. The summed E-state index contributed by atoms with van der Waals surface area (Å²) in [6, 6.07) is 7.47. The van der Waals surface area contributed by atoms with Crippen LogP contribution in [0.4, 0.5) is 5.69 Å². The maximum Gasteiger partial charge on any atom is 0.244 e. The van der Waals surface area contributed by atoms with E-state index in [9.17, 15) is 4.79 Å². The van der Waals surface area contributed by atoms with Crippen molar-refractivity contribution in [2.75, 3.05) is 5.73 Å². The Morgan fingerprint density at radius 3 is 2.42 bits per heavy atom. The largest absolute Gasteiger partial charge is 0.399 e. The van der Waals surface area contributed by atoms with Crippen LogP contribution >= 0.6 is 0 Å². The van der Waals surface area contributed by atoms with Crippen molar-refractivity contribution < 1.29 is 4.79 Å². The number of hydrogen-bond donors (Lipinski definition) is 2. The van der Waals surface area contributed by atoms with E-state index in [0.717, 1.165) is 24.8 Å². The minimum absolute atomic E-state index is 0.0482. The summed E-state index contributed by atoms with van der Waals surface area (Å²) in [4.78, 5) is 12.0. The van der Waals surface area contributed by atoms with Gasteiger partial charge < -0.3 is 11.1 Å². The zero-order chi connectivity index (χ0) is 14.3. The number of anilines is 1. The van der Waals surface area contributed by atoms with E-state index >= 15 is 0 Å². The topological polar surface area (TPSA) is 55.1 Å². The number of benzene rings is 1. The zero-order valence-corrected chi connectivity index (χ0v) is 12.1. The third-order valence-corrected chi connectivity index (χ3v) is 3.76. The van der Waals surface area contributed by atoms with Gasteiger partial charge in [0.05, 0.1) is 0 Å². The third kappa shape index (κ3) is 4.43. The fourth-order valence-corrected chi connectivity index (χ4v) is 2.15. The predicted octanol–water partition coefficient (Wildman–Crippen LogP) is 3.37. The van der Waals surface area contributed by atoms with Crippen LogP contribution in [0.1, 0.15) is 45.6 Å². The minimum atomic E-state index is -0.0862. The van der Waals surface area contributed by atoms with Crippen LogP contribution in [0.5, 0.6) is 0 Å². The van der Waals surface area contributed by atoms with Gasteiger partial charge in [0.1, 0.15) is 0 Å². The highest BCUT2D eigenvalue weighted by Gasteiger charge is 2.24. The van der Waals surface area contributed by atoms with Crippen molar-refractivity contribution in [3.63, 3.8) is 0 Å². The highest BCUT2D eigenvalue weighted by Crippen LogP contribution is 2.19. The lowest BCUT2D eigenvalue weighted by Gasteiger charge is -2.31. The van der Waals surface area contributed by atoms with E-state index in [4.69, 9.17) is 5.73 Å². The van der Waals surface area contributed by atoms with Gasteiger partial charge in [-0.05, 0) is 43.0 Å². The number of nitrogen functional groups attached to an aromatic ring is 1. The van der Waals surface area contributed by atoms with E-state index in [-0.39, 0.29) is 11.4 Å². The molecule has 0 saturated heterocycles. The summed E-state index contributed by atoms with van der Waals surface area (Å²) < 4.78 is 0. The first kappa shape index (κ1) is 15.3. The Morgan fingerprint density at radius 1 is 1.26 bits per heavy atom. The van der Waals surface area contributed by atoms with Crippen molar-refractivity contribution in [3.05, 3.63) is 35.9 Å². The summed E-state index contributed by atoms with van der Waals surface area (Å²) >= 11 is 0. The molecule has 0 heterocycles. The zero-order valence-electron chi connectivity index (χ0n) is 12.1.